The van der Waals surface area contributed by atoms with Crippen molar-refractivity contribution in [3.63, 3.8) is 0 Å². The van der Waals surface area contributed by atoms with Gasteiger partial charge in [0.05, 0.1) is 18.1 Å². The van der Waals surface area contributed by atoms with Crippen LogP contribution >= 0.6 is 0 Å². The second-order valence-electron chi connectivity index (χ2n) is 8.39. The molecule has 0 saturated heterocycles. The Morgan fingerprint density at radius 1 is 1.06 bits per heavy atom. The van der Waals surface area contributed by atoms with Crippen molar-refractivity contribution in [1.82, 2.24) is 24.5 Å². The zero-order valence-electron chi connectivity index (χ0n) is 18.8. The zero-order valence-corrected chi connectivity index (χ0v) is 18.8. The van der Waals surface area contributed by atoms with Gasteiger partial charge in [-0.15, -0.1) is 0 Å². The molecule has 0 radical (unpaired) electrons. The largest absolute Gasteiger partial charge is 0.405 e. The number of pyridine rings is 1. The number of urea groups is 1. The molecule has 12 heteroatoms. The fourth-order valence-corrected chi connectivity index (χ4v) is 3.38. The first-order chi connectivity index (χ1) is 16.4. The first-order valence-corrected chi connectivity index (χ1v) is 10.5. The quantitative estimate of drug-likeness (QED) is 0.385. The van der Waals surface area contributed by atoms with Crippen molar-refractivity contribution in [2.75, 3.05) is 11.9 Å². The van der Waals surface area contributed by atoms with E-state index in [-0.39, 0.29) is 0 Å². The van der Waals surface area contributed by atoms with Crippen molar-refractivity contribution >= 4 is 23.3 Å². The molecule has 0 unspecified atom stereocenters. The Balaban J connectivity index is 1.57. The number of nitrogens with two attached hydrogens (primary N) is 1. The fraction of sp³-hybridized carbons (Fsp3) is 0.217. The maximum Gasteiger partial charge on any atom is 0.405 e. The lowest BCUT2D eigenvalue weighted by molar-refractivity contribution is -0.125. The van der Waals surface area contributed by atoms with Crippen LogP contribution in [0.25, 0.3) is 28.0 Å². The van der Waals surface area contributed by atoms with E-state index in [0.29, 0.717) is 16.9 Å². The number of rotatable bonds is 6. The average Bonchev–Trinajstić information content (AvgIpc) is 3.45. The summed E-state index contributed by atoms with van der Waals surface area (Å²) < 4.78 is 40.2. The predicted octanol–water partition coefficient (Wildman–Crippen LogP) is 3.77. The van der Waals surface area contributed by atoms with Crippen LogP contribution in [0.2, 0.25) is 0 Å². The minimum atomic E-state index is -4.49. The number of primary amides is 1. The Morgan fingerprint density at radius 2 is 1.83 bits per heavy atom. The molecule has 0 aliphatic carbocycles. The van der Waals surface area contributed by atoms with Gasteiger partial charge in [0.1, 0.15) is 17.7 Å². The fourth-order valence-electron chi connectivity index (χ4n) is 3.38. The number of benzene rings is 1. The summed E-state index contributed by atoms with van der Waals surface area (Å²) in [6.07, 6.45) is 2.35. The third-order valence-electron chi connectivity index (χ3n) is 5.47. The molecule has 182 valence electrons. The third-order valence-corrected chi connectivity index (χ3v) is 5.47. The summed E-state index contributed by atoms with van der Waals surface area (Å²) in [7, 11) is 0. The molecule has 0 spiro atoms. The van der Waals surface area contributed by atoms with E-state index in [2.05, 4.69) is 15.4 Å². The number of anilines is 1. The van der Waals surface area contributed by atoms with Crippen LogP contribution in [0.4, 0.5) is 23.7 Å². The van der Waals surface area contributed by atoms with Crippen LogP contribution in [0, 0.1) is 0 Å². The molecule has 1 aromatic carbocycles. The maximum absolute atomic E-state index is 12.3. The zero-order chi connectivity index (χ0) is 25.4. The van der Waals surface area contributed by atoms with Crippen molar-refractivity contribution in [2.45, 2.75) is 25.6 Å². The summed E-state index contributed by atoms with van der Waals surface area (Å²) in [5, 5.41) is 8.43. The lowest BCUT2D eigenvalue weighted by Gasteiger charge is -2.20. The summed E-state index contributed by atoms with van der Waals surface area (Å²) >= 11 is 0. The van der Waals surface area contributed by atoms with Gasteiger partial charge < -0.3 is 16.4 Å². The molecule has 0 atom stereocenters. The van der Waals surface area contributed by atoms with Gasteiger partial charge in [-0.1, -0.05) is 12.1 Å². The van der Waals surface area contributed by atoms with E-state index in [9.17, 15) is 22.8 Å². The molecule has 4 aromatic rings. The van der Waals surface area contributed by atoms with Crippen molar-refractivity contribution in [1.29, 1.82) is 0 Å². The smallest absolute Gasteiger partial charge is 0.368 e. The van der Waals surface area contributed by atoms with Crippen LogP contribution in [-0.2, 0) is 10.3 Å². The Hall–Kier alpha value is -4.35. The molecular weight excluding hydrogens is 463 g/mol. The SMILES string of the molecule is CC(C)(C(N)=O)n1cc(-c2ccn3c(-c4cccc(NC(=O)NCC(F)(F)F)c4)cnc3c2)cn1. The average molecular weight is 485 g/mol. The molecule has 4 rings (SSSR count). The number of carbonyl (C=O) groups excluding carboxylic acids is 2. The standard InChI is InChI=1S/C23H22F3N7O2/c1-22(2,20(27)34)33-12-16(10-30-33)14-6-7-32-18(11-28-19(32)9-14)15-4-3-5-17(8-15)31-21(35)29-13-23(24,25)26/h3-12H,13H2,1-2H3,(H2,27,34)(H2,29,31,35). The number of alkyl halides is 3. The number of hydrogen-bond acceptors (Lipinski definition) is 4. The number of imidazole rings is 1. The van der Waals surface area contributed by atoms with Crippen molar-refractivity contribution in [3.8, 4) is 22.4 Å². The normalized spacial score (nSPS) is 12.0. The summed E-state index contributed by atoms with van der Waals surface area (Å²) in [5.41, 5.74) is 8.49. The topological polar surface area (TPSA) is 119 Å². The molecule has 4 N–H and O–H groups in total. The van der Waals surface area contributed by atoms with Crippen molar-refractivity contribution in [3.05, 3.63) is 61.2 Å². The van der Waals surface area contributed by atoms with Crippen LogP contribution in [0.5, 0.6) is 0 Å². The highest BCUT2D eigenvalue weighted by atomic mass is 19.4. The molecule has 3 aromatic heterocycles. The molecule has 3 amide bonds. The van der Waals surface area contributed by atoms with Gasteiger partial charge in [-0.3, -0.25) is 13.9 Å². The highest BCUT2D eigenvalue weighted by molar-refractivity contribution is 5.90. The maximum atomic E-state index is 12.3. The molecule has 0 fully saturated rings. The van der Waals surface area contributed by atoms with Gasteiger partial charge in [-0.05, 0) is 43.7 Å². The van der Waals surface area contributed by atoms with E-state index in [1.807, 2.05) is 22.7 Å². The Kier molecular flexibility index (Phi) is 5.97. The number of fused-ring (bicyclic) bond motifs is 1. The molecule has 0 aliphatic rings. The number of hydrogen-bond donors (Lipinski definition) is 3. The highest BCUT2D eigenvalue weighted by Crippen LogP contribution is 2.27. The van der Waals surface area contributed by atoms with E-state index < -0.39 is 30.2 Å². The number of nitrogens with zero attached hydrogens (tertiary/aromatic N) is 4. The minimum Gasteiger partial charge on any atom is -0.368 e. The monoisotopic (exact) mass is 485 g/mol. The molecule has 0 aliphatic heterocycles. The summed E-state index contributed by atoms with van der Waals surface area (Å²) in [6.45, 7) is 1.94. The minimum absolute atomic E-state index is 0.332. The van der Waals surface area contributed by atoms with Crippen LogP contribution in [0.1, 0.15) is 13.8 Å². The van der Waals surface area contributed by atoms with Crippen LogP contribution in [0.15, 0.2) is 61.2 Å². The van der Waals surface area contributed by atoms with Gasteiger partial charge in [0.25, 0.3) is 0 Å². The number of aromatic nitrogens is 4. The second-order valence-corrected chi connectivity index (χ2v) is 8.39. The molecule has 0 saturated carbocycles. The molecule has 9 nitrogen and oxygen atoms in total. The van der Waals surface area contributed by atoms with Crippen molar-refractivity contribution in [2.24, 2.45) is 5.73 Å². The van der Waals surface area contributed by atoms with E-state index in [0.717, 1.165) is 16.8 Å². The Labute approximate surface area is 197 Å². The molecule has 0 bridgehead atoms. The lowest BCUT2D eigenvalue weighted by Crippen LogP contribution is -2.41. The van der Waals surface area contributed by atoms with Crippen LogP contribution < -0.4 is 16.4 Å². The van der Waals surface area contributed by atoms with E-state index >= 15 is 0 Å². The summed E-state index contributed by atoms with van der Waals surface area (Å²) in [4.78, 5) is 27.9. The number of amides is 3. The Bertz CT molecular complexity index is 1410. The molecule has 3 heterocycles. The van der Waals surface area contributed by atoms with Crippen LogP contribution in [0.3, 0.4) is 0 Å². The number of carbonyl (C=O) groups is 2. The van der Waals surface area contributed by atoms with E-state index in [1.54, 1.807) is 62.0 Å². The first-order valence-electron chi connectivity index (χ1n) is 10.5. The Morgan fingerprint density at radius 3 is 2.54 bits per heavy atom. The van der Waals surface area contributed by atoms with Crippen LogP contribution in [-0.4, -0.2) is 43.8 Å². The van der Waals surface area contributed by atoms with Gasteiger partial charge in [0, 0.05) is 29.2 Å². The first kappa shape index (κ1) is 23.8. The van der Waals surface area contributed by atoms with E-state index in [1.165, 1.54) is 4.68 Å². The second kappa shape index (κ2) is 8.78. The molecule has 35 heavy (non-hydrogen) atoms. The molecular formula is C23H22F3N7O2. The van der Waals surface area contributed by atoms with Gasteiger partial charge in [-0.2, -0.15) is 18.3 Å². The lowest BCUT2D eigenvalue weighted by atomic mass is 10.1. The van der Waals surface area contributed by atoms with Crippen molar-refractivity contribution < 1.29 is 22.8 Å². The number of nitrogens with one attached hydrogen (secondary N) is 2. The van der Waals surface area contributed by atoms with Gasteiger partial charge >= 0.3 is 12.2 Å². The highest BCUT2D eigenvalue weighted by Gasteiger charge is 2.28. The number of halogens is 3. The van der Waals surface area contributed by atoms with Gasteiger partial charge in [0.15, 0.2) is 0 Å². The van der Waals surface area contributed by atoms with E-state index in [4.69, 9.17) is 5.73 Å². The van der Waals surface area contributed by atoms with Gasteiger partial charge in [-0.25, -0.2) is 9.78 Å². The third kappa shape index (κ3) is 5.10. The van der Waals surface area contributed by atoms with Gasteiger partial charge in [0.2, 0.25) is 5.91 Å². The summed E-state index contributed by atoms with van der Waals surface area (Å²) in [6, 6.07) is 9.45. The summed E-state index contributed by atoms with van der Waals surface area (Å²) in [5.74, 6) is -0.505. The predicted molar refractivity (Wildman–Crippen MR) is 123 cm³/mol.